The van der Waals surface area contributed by atoms with Crippen molar-refractivity contribution in [1.29, 1.82) is 0 Å². The first-order chi connectivity index (χ1) is 7.70. The molecule has 1 aliphatic rings. The molecular weight excluding hydrogens is 244 g/mol. The average molecular weight is 257 g/mol. The van der Waals surface area contributed by atoms with E-state index in [1.165, 1.54) is 0 Å². The van der Waals surface area contributed by atoms with Crippen LogP contribution >= 0.6 is 23.4 Å². The lowest BCUT2D eigenvalue weighted by Crippen LogP contribution is -2.13. The van der Waals surface area contributed by atoms with Crippen molar-refractivity contribution >= 4 is 29.6 Å². The monoisotopic (exact) mass is 256 g/mol. The number of aldehydes is 1. The number of hydrogen-bond acceptors (Lipinski definition) is 3. The first kappa shape index (κ1) is 12.0. The van der Waals surface area contributed by atoms with Crippen molar-refractivity contribution in [2.24, 2.45) is 0 Å². The summed E-state index contributed by atoms with van der Waals surface area (Å²) in [6.45, 7) is 2.87. The molecule has 2 atom stereocenters. The van der Waals surface area contributed by atoms with Crippen LogP contribution < -0.4 is 0 Å². The molecule has 0 bridgehead atoms. The van der Waals surface area contributed by atoms with Gasteiger partial charge in [0.1, 0.15) is 0 Å². The number of carbonyl (C=O) groups is 1. The van der Waals surface area contributed by atoms with Crippen molar-refractivity contribution in [2.75, 3.05) is 6.61 Å². The Balaban J connectivity index is 2.19. The Morgan fingerprint density at radius 1 is 1.56 bits per heavy atom. The highest BCUT2D eigenvalue weighted by Gasteiger charge is 2.25. The quantitative estimate of drug-likeness (QED) is 0.775. The molecule has 1 aliphatic heterocycles. The molecule has 16 heavy (non-hydrogen) atoms. The summed E-state index contributed by atoms with van der Waals surface area (Å²) in [5.74, 6) is 0. The van der Waals surface area contributed by atoms with Crippen molar-refractivity contribution in [1.82, 2.24) is 0 Å². The molecule has 0 saturated carbocycles. The highest BCUT2D eigenvalue weighted by molar-refractivity contribution is 8.00. The number of carbonyl (C=O) groups excluding carboxylic acids is 1. The highest BCUT2D eigenvalue weighted by Crippen LogP contribution is 2.35. The van der Waals surface area contributed by atoms with Gasteiger partial charge < -0.3 is 4.74 Å². The minimum Gasteiger partial charge on any atom is -0.377 e. The Kier molecular flexibility index (Phi) is 3.90. The minimum absolute atomic E-state index is 0.239. The van der Waals surface area contributed by atoms with Gasteiger partial charge in [-0.15, -0.1) is 11.8 Å². The third-order valence-electron chi connectivity index (χ3n) is 2.69. The van der Waals surface area contributed by atoms with Crippen molar-refractivity contribution in [3.63, 3.8) is 0 Å². The van der Waals surface area contributed by atoms with E-state index in [-0.39, 0.29) is 6.10 Å². The molecule has 1 heterocycles. The molecule has 1 fully saturated rings. The molecule has 2 unspecified atom stereocenters. The summed E-state index contributed by atoms with van der Waals surface area (Å²) in [6.07, 6.45) is 2.14. The molecule has 0 amide bonds. The topological polar surface area (TPSA) is 26.3 Å². The fraction of sp³-hybridized carbons (Fsp3) is 0.417. The summed E-state index contributed by atoms with van der Waals surface area (Å²) in [5, 5.41) is 1.08. The number of rotatable bonds is 3. The average Bonchev–Trinajstić information content (AvgIpc) is 2.65. The fourth-order valence-corrected chi connectivity index (χ4v) is 3.23. The minimum atomic E-state index is 0.239. The molecule has 0 aromatic heterocycles. The van der Waals surface area contributed by atoms with Gasteiger partial charge in [0.25, 0.3) is 0 Å². The summed E-state index contributed by atoms with van der Waals surface area (Å²) in [4.78, 5) is 11.9. The Bertz CT molecular complexity index is 395. The maximum atomic E-state index is 10.9. The molecule has 0 radical (unpaired) electrons. The number of thioether (sulfide) groups is 1. The molecular formula is C12H13ClO2S. The van der Waals surface area contributed by atoms with E-state index in [2.05, 4.69) is 6.92 Å². The predicted molar refractivity (Wildman–Crippen MR) is 66.5 cm³/mol. The third-order valence-corrected chi connectivity index (χ3v) is 4.45. The zero-order chi connectivity index (χ0) is 11.5. The molecule has 0 spiro atoms. The summed E-state index contributed by atoms with van der Waals surface area (Å²) >= 11 is 7.62. The molecule has 1 aromatic rings. The summed E-state index contributed by atoms with van der Waals surface area (Å²) in [5.41, 5.74) is 0.702. The molecule has 4 heteroatoms. The Labute approximate surface area is 104 Å². The maximum Gasteiger partial charge on any atom is 0.151 e. The molecule has 1 saturated heterocycles. The van der Waals surface area contributed by atoms with Gasteiger partial charge >= 0.3 is 0 Å². The van der Waals surface area contributed by atoms with Crippen LogP contribution in [-0.2, 0) is 4.74 Å². The summed E-state index contributed by atoms with van der Waals surface area (Å²) in [7, 11) is 0. The zero-order valence-corrected chi connectivity index (χ0v) is 10.6. The smallest absolute Gasteiger partial charge is 0.151 e. The van der Waals surface area contributed by atoms with Crippen LogP contribution in [0.15, 0.2) is 23.1 Å². The van der Waals surface area contributed by atoms with Gasteiger partial charge in [0, 0.05) is 27.3 Å². The van der Waals surface area contributed by atoms with Crippen LogP contribution in [0.3, 0.4) is 0 Å². The summed E-state index contributed by atoms with van der Waals surface area (Å²) < 4.78 is 5.50. The van der Waals surface area contributed by atoms with Crippen molar-refractivity contribution in [2.45, 2.75) is 29.6 Å². The second kappa shape index (κ2) is 5.21. The van der Waals surface area contributed by atoms with Crippen LogP contribution in [-0.4, -0.2) is 24.2 Å². The SMILES string of the molecule is CC1OCCC1Sc1cc(Cl)ccc1C=O. The second-order valence-corrected chi connectivity index (χ2v) is 5.54. The van der Waals surface area contributed by atoms with E-state index < -0.39 is 0 Å². The lowest BCUT2D eigenvalue weighted by atomic mass is 10.2. The fourth-order valence-electron chi connectivity index (χ4n) is 1.74. The number of halogens is 1. The van der Waals surface area contributed by atoms with Crippen LogP contribution in [0.2, 0.25) is 5.02 Å². The molecule has 86 valence electrons. The van der Waals surface area contributed by atoms with Gasteiger partial charge in [-0.05, 0) is 31.5 Å². The standard InChI is InChI=1S/C12H13ClO2S/c1-8-11(4-5-15-8)16-12-6-10(13)3-2-9(12)7-14/h2-3,6-8,11H,4-5H2,1H3. The van der Waals surface area contributed by atoms with Crippen molar-refractivity contribution in [3.05, 3.63) is 28.8 Å². The van der Waals surface area contributed by atoms with Gasteiger partial charge in [-0.2, -0.15) is 0 Å². The maximum absolute atomic E-state index is 10.9. The molecule has 2 nitrogen and oxygen atoms in total. The molecule has 1 aromatic carbocycles. The first-order valence-corrected chi connectivity index (χ1v) is 6.49. The van der Waals surface area contributed by atoms with Gasteiger partial charge in [0.2, 0.25) is 0 Å². The van der Waals surface area contributed by atoms with E-state index in [9.17, 15) is 4.79 Å². The number of hydrogen-bond donors (Lipinski definition) is 0. The third kappa shape index (κ3) is 2.59. The Hall–Kier alpha value is -0.510. The van der Waals surface area contributed by atoms with E-state index in [1.54, 1.807) is 23.9 Å². The van der Waals surface area contributed by atoms with Gasteiger partial charge in [-0.1, -0.05) is 11.6 Å². The van der Waals surface area contributed by atoms with Crippen LogP contribution in [0.1, 0.15) is 23.7 Å². The van der Waals surface area contributed by atoms with Crippen molar-refractivity contribution < 1.29 is 9.53 Å². The van der Waals surface area contributed by atoms with Crippen LogP contribution in [0.25, 0.3) is 0 Å². The Morgan fingerprint density at radius 2 is 2.38 bits per heavy atom. The second-order valence-electron chi connectivity index (χ2n) is 3.82. The van der Waals surface area contributed by atoms with Gasteiger partial charge in [0.15, 0.2) is 6.29 Å². The number of ether oxygens (including phenoxy) is 1. The largest absolute Gasteiger partial charge is 0.377 e. The van der Waals surface area contributed by atoms with Crippen LogP contribution in [0.5, 0.6) is 0 Å². The van der Waals surface area contributed by atoms with E-state index in [0.717, 1.165) is 24.2 Å². The van der Waals surface area contributed by atoms with Gasteiger partial charge in [0.05, 0.1) is 6.10 Å². The Morgan fingerprint density at radius 3 is 3.00 bits per heavy atom. The zero-order valence-electron chi connectivity index (χ0n) is 8.98. The molecule has 2 rings (SSSR count). The van der Waals surface area contributed by atoms with E-state index >= 15 is 0 Å². The van der Waals surface area contributed by atoms with Gasteiger partial charge in [-0.25, -0.2) is 0 Å². The van der Waals surface area contributed by atoms with E-state index in [1.807, 2.05) is 6.07 Å². The van der Waals surface area contributed by atoms with E-state index in [4.69, 9.17) is 16.3 Å². The predicted octanol–water partition coefficient (Wildman–Crippen LogP) is 3.42. The van der Waals surface area contributed by atoms with E-state index in [0.29, 0.717) is 15.8 Å². The number of benzene rings is 1. The van der Waals surface area contributed by atoms with Crippen molar-refractivity contribution in [3.8, 4) is 0 Å². The lowest BCUT2D eigenvalue weighted by Gasteiger charge is -2.14. The normalized spacial score (nSPS) is 24.6. The molecule has 0 aliphatic carbocycles. The summed E-state index contributed by atoms with van der Waals surface area (Å²) in [6, 6.07) is 5.35. The van der Waals surface area contributed by atoms with Gasteiger partial charge in [-0.3, -0.25) is 4.79 Å². The lowest BCUT2D eigenvalue weighted by molar-refractivity contribution is 0.112. The first-order valence-electron chi connectivity index (χ1n) is 5.23. The highest BCUT2D eigenvalue weighted by atomic mass is 35.5. The van der Waals surface area contributed by atoms with Crippen LogP contribution in [0, 0.1) is 0 Å². The molecule has 0 N–H and O–H groups in total. The van der Waals surface area contributed by atoms with Crippen LogP contribution in [0.4, 0.5) is 0 Å².